The molecule has 0 unspecified atom stereocenters. The topological polar surface area (TPSA) is 64.6 Å². The number of anilines is 1. The van der Waals surface area contributed by atoms with E-state index in [0.29, 0.717) is 23.6 Å². The van der Waals surface area contributed by atoms with Crippen LogP contribution in [-0.2, 0) is 15.9 Å². The van der Waals surface area contributed by atoms with Gasteiger partial charge in [0.05, 0.1) is 12.2 Å². The summed E-state index contributed by atoms with van der Waals surface area (Å²) >= 11 is 1.36. The van der Waals surface area contributed by atoms with Crippen LogP contribution in [0, 0.1) is 6.92 Å². The summed E-state index contributed by atoms with van der Waals surface area (Å²) < 4.78 is 10.3. The fraction of sp³-hybridized carbons (Fsp3) is 0.600. The number of amides is 1. The zero-order valence-electron chi connectivity index (χ0n) is 13.5. The number of thiophene rings is 1. The fourth-order valence-corrected chi connectivity index (χ4v) is 3.03. The highest BCUT2D eigenvalue weighted by atomic mass is 32.1. The van der Waals surface area contributed by atoms with Crippen molar-refractivity contribution in [1.29, 1.82) is 0 Å². The second-order valence-electron chi connectivity index (χ2n) is 5.54. The number of carbonyl (C=O) groups is 2. The lowest BCUT2D eigenvalue weighted by molar-refractivity contribution is 0.0527. The molecular formula is C15H23NO4S. The van der Waals surface area contributed by atoms with Crippen LogP contribution in [0.25, 0.3) is 0 Å². The Hall–Kier alpha value is -1.56. The maximum Gasteiger partial charge on any atom is 0.412 e. The summed E-state index contributed by atoms with van der Waals surface area (Å²) in [7, 11) is 0. The zero-order chi connectivity index (χ0) is 16.2. The first-order valence-corrected chi connectivity index (χ1v) is 7.80. The first-order chi connectivity index (χ1) is 9.69. The van der Waals surface area contributed by atoms with Crippen LogP contribution in [0.15, 0.2) is 0 Å². The Kier molecular flexibility index (Phi) is 5.78. The summed E-state index contributed by atoms with van der Waals surface area (Å²) in [5.41, 5.74) is 0.755. The van der Waals surface area contributed by atoms with Crippen LogP contribution in [0.3, 0.4) is 0 Å². The minimum Gasteiger partial charge on any atom is -0.462 e. The summed E-state index contributed by atoms with van der Waals surface area (Å²) in [6.45, 7) is 11.3. The van der Waals surface area contributed by atoms with Crippen molar-refractivity contribution in [3.63, 3.8) is 0 Å². The van der Waals surface area contributed by atoms with Crippen molar-refractivity contribution in [3.8, 4) is 0 Å². The molecule has 0 spiro atoms. The third-order valence-corrected chi connectivity index (χ3v) is 3.72. The Morgan fingerprint density at radius 2 is 1.86 bits per heavy atom. The summed E-state index contributed by atoms with van der Waals surface area (Å²) in [5, 5.41) is 3.14. The molecule has 21 heavy (non-hydrogen) atoms. The number of rotatable bonds is 4. The van der Waals surface area contributed by atoms with Gasteiger partial charge in [-0.1, -0.05) is 6.92 Å². The lowest BCUT2D eigenvalue weighted by atomic mass is 10.1. The molecule has 0 aromatic carbocycles. The number of hydrogen-bond acceptors (Lipinski definition) is 5. The van der Waals surface area contributed by atoms with Crippen LogP contribution in [-0.4, -0.2) is 24.3 Å². The van der Waals surface area contributed by atoms with Crippen LogP contribution in [0.2, 0.25) is 0 Å². The van der Waals surface area contributed by atoms with Crippen molar-refractivity contribution in [1.82, 2.24) is 0 Å². The Morgan fingerprint density at radius 1 is 1.24 bits per heavy atom. The van der Waals surface area contributed by atoms with E-state index in [2.05, 4.69) is 5.32 Å². The minimum atomic E-state index is -0.589. The first-order valence-electron chi connectivity index (χ1n) is 6.99. The molecule has 118 valence electrons. The summed E-state index contributed by atoms with van der Waals surface area (Å²) in [6, 6.07) is 0. The van der Waals surface area contributed by atoms with Crippen LogP contribution in [0.4, 0.5) is 9.80 Å². The number of ether oxygens (including phenoxy) is 2. The molecule has 5 nitrogen and oxygen atoms in total. The Morgan fingerprint density at radius 3 is 2.33 bits per heavy atom. The predicted molar refractivity (Wildman–Crippen MR) is 84.2 cm³/mol. The summed E-state index contributed by atoms with van der Waals surface area (Å²) in [5.74, 6) is -0.412. The number of carbonyl (C=O) groups excluding carboxylic acids is 2. The molecule has 0 radical (unpaired) electrons. The van der Waals surface area contributed by atoms with Gasteiger partial charge < -0.3 is 9.47 Å². The lowest BCUT2D eigenvalue weighted by Crippen LogP contribution is -2.27. The average molecular weight is 313 g/mol. The molecule has 1 amide bonds. The molecule has 6 heteroatoms. The van der Waals surface area contributed by atoms with E-state index in [4.69, 9.17) is 9.47 Å². The molecule has 1 heterocycles. The lowest BCUT2D eigenvalue weighted by Gasteiger charge is -2.19. The van der Waals surface area contributed by atoms with E-state index in [0.717, 1.165) is 10.4 Å². The highest BCUT2D eigenvalue weighted by Crippen LogP contribution is 2.34. The number of nitrogens with one attached hydrogen (secondary N) is 1. The van der Waals surface area contributed by atoms with Gasteiger partial charge >= 0.3 is 12.1 Å². The second-order valence-corrected chi connectivity index (χ2v) is 6.77. The quantitative estimate of drug-likeness (QED) is 0.848. The maximum atomic E-state index is 12.1. The van der Waals surface area contributed by atoms with Gasteiger partial charge in [0.15, 0.2) is 0 Å². The van der Waals surface area contributed by atoms with E-state index in [9.17, 15) is 9.59 Å². The molecule has 0 saturated carbocycles. The van der Waals surface area contributed by atoms with E-state index in [-0.39, 0.29) is 0 Å². The van der Waals surface area contributed by atoms with E-state index in [1.807, 2.05) is 13.8 Å². The Labute approximate surface area is 129 Å². The Balaban J connectivity index is 3.07. The SMILES string of the molecule is CCOC(=O)c1c(NC(=O)OC(C)(C)C)sc(C)c1CC. The monoisotopic (exact) mass is 313 g/mol. The molecule has 1 aromatic rings. The van der Waals surface area contributed by atoms with Crippen molar-refractivity contribution in [2.75, 3.05) is 11.9 Å². The van der Waals surface area contributed by atoms with Gasteiger partial charge in [-0.25, -0.2) is 9.59 Å². The molecular weight excluding hydrogens is 290 g/mol. The Bertz CT molecular complexity index is 529. The van der Waals surface area contributed by atoms with Crippen molar-refractivity contribution >= 4 is 28.4 Å². The van der Waals surface area contributed by atoms with Gasteiger partial charge in [0.1, 0.15) is 10.6 Å². The zero-order valence-corrected chi connectivity index (χ0v) is 14.3. The standard InChI is InChI=1S/C15H23NO4S/c1-7-10-9(3)21-12(11(10)13(17)19-8-2)16-14(18)20-15(4,5)6/h7-8H2,1-6H3,(H,16,18). The minimum absolute atomic E-state index is 0.294. The van der Waals surface area contributed by atoms with Gasteiger partial charge in [0.25, 0.3) is 0 Å². The largest absolute Gasteiger partial charge is 0.462 e. The van der Waals surface area contributed by atoms with E-state index >= 15 is 0 Å². The molecule has 0 aliphatic rings. The third kappa shape index (κ3) is 4.74. The van der Waals surface area contributed by atoms with E-state index in [1.54, 1.807) is 27.7 Å². The van der Waals surface area contributed by atoms with Crippen molar-refractivity contribution in [3.05, 3.63) is 16.0 Å². The van der Waals surface area contributed by atoms with Gasteiger partial charge in [0, 0.05) is 4.88 Å². The van der Waals surface area contributed by atoms with Gasteiger partial charge in [-0.15, -0.1) is 11.3 Å². The van der Waals surface area contributed by atoms with Crippen molar-refractivity contribution < 1.29 is 19.1 Å². The molecule has 0 atom stereocenters. The predicted octanol–water partition coefficient (Wildman–Crippen LogP) is 4.14. The molecule has 0 saturated heterocycles. The van der Waals surface area contributed by atoms with Crippen LogP contribution in [0.5, 0.6) is 0 Å². The molecule has 0 aliphatic carbocycles. The normalized spacial score (nSPS) is 11.1. The van der Waals surface area contributed by atoms with Gasteiger partial charge in [-0.2, -0.15) is 0 Å². The second kappa shape index (κ2) is 6.93. The van der Waals surface area contributed by atoms with Crippen molar-refractivity contribution in [2.24, 2.45) is 0 Å². The summed E-state index contributed by atoms with van der Waals surface area (Å²) in [6.07, 6.45) is 0.129. The molecule has 0 aliphatic heterocycles. The van der Waals surface area contributed by atoms with Crippen LogP contribution in [0.1, 0.15) is 55.4 Å². The van der Waals surface area contributed by atoms with Gasteiger partial charge in [0.2, 0.25) is 0 Å². The van der Waals surface area contributed by atoms with Crippen LogP contribution >= 0.6 is 11.3 Å². The smallest absolute Gasteiger partial charge is 0.412 e. The maximum absolute atomic E-state index is 12.1. The van der Waals surface area contributed by atoms with Crippen LogP contribution < -0.4 is 5.32 Å². The summed E-state index contributed by atoms with van der Waals surface area (Å²) in [4.78, 5) is 25.0. The number of esters is 1. The third-order valence-electron chi connectivity index (χ3n) is 2.66. The average Bonchev–Trinajstić information content (AvgIpc) is 2.62. The fourth-order valence-electron chi connectivity index (χ4n) is 1.91. The molecule has 0 fully saturated rings. The van der Waals surface area contributed by atoms with E-state index in [1.165, 1.54) is 11.3 Å². The van der Waals surface area contributed by atoms with Gasteiger partial charge in [-0.05, 0) is 46.6 Å². The molecule has 1 N–H and O–H groups in total. The van der Waals surface area contributed by atoms with Crippen molar-refractivity contribution in [2.45, 2.75) is 53.6 Å². The highest BCUT2D eigenvalue weighted by Gasteiger charge is 2.25. The van der Waals surface area contributed by atoms with E-state index < -0.39 is 17.7 Å². The highest BCUT2D eigenvalue weighted by molar-refractivity contribution is 7.16. The number of aryl methyl sites for hydroxylation is 1. The molecule has 0 bridgehead atoms. The molecule has 1 rings (SSSR count). The molecule has 1 aromatic heterocycles. The first kappa shape index (κ1) is 17.5. The number of hydrogen-bond donors (Lipinski definition) is 1. The van der Waals surface area contributed by atoms with Gasteiger partial charge in [-0.3, -0.25) is 5.32 Å².